The molecule has 2 heterocycles. The van der Waals surface area contributed by atoms with Crippen molar-refractivity contribution < 1.29 is 4.79 Å². The van der Waals surface area contributed by atoms with Crippen LogP contribution in [0.4, 0.5) is 10.5 Å². The van der Waals surface area contributed by atoms with Gasteiger partial charge in [0.05, 0.1) is 0 Å². The number of H-pyrrole nitrogens is 1. The van der Waals surface area contributed by atoms with Crippen LogP contribution >= 0.6 is 27.7 Å². The number of pyridine rings is 1. The second-order valence-corrected chi connectivity index (χ2v) is 6.37. The molecule has 1 atom stereocenters. The zero-order valence-corrected chi connectivity index (χ0v) is 13.0. The fraction of sp³-hybridized carbons (Fsp3) is 0.500. The van der Waals surface area contributed by atoms with Gasteiger partial charge in [-0.25, -0.2) is 4.79 Å². The van der Waals surface area contributed by atoms with Crippen LogP contribution in [0.2, 0.25) is 0 Å². The van der Waals surface area contributed by atoms with Gasteiger partial charge in [-0.05, 0) is 46.3 Å². The van der Waals surface area contributed by atoms with Crippen LogP contribution in [0.1, 0.15) is 6.42 Å². The number of hydrogen-bond donors (Lipinski definition) is 2. The molecule has 1 fully saturated rings. The fourth-order valence-electron chi connectivity index (χ4n) is 2.13. The number of carbonyl (C=O) groups is 1. The maximum Gasteiger partial charge on any atom is 0.322 e. The fourth-order valence-corrected chi connectivity index (χ4v) is 3.22. The van der Waals surface area contributed by atoms with Crippen molar-refractivity contribution >= 4 is 39.4 Å². The molecule has 2 rings (SSSR count). The number of nitrogens with one attached hydrogen (secondary N) is 2. The van der Waals surface area contributed by atoms with Gasteiger partial charge in [0.15, 0.2) is 0 Å². The van der Waals surface area contributed by atoms with E-state index in [4.69, 9.17) is 0 Å². The standard InChI is InChI=1S/C12H16BrN3O2S/c1-19-7-8-2-3-16(6-8)12(18)15-10-4-9(13)5-14-11(10)17/h4-5,8H,2-3,6-7H2,1H3,(H,14,17)(H,15,18)/t8-/m1/s1. The molecule has 0 aromatic carbocycles. The van der Waals surface area contributed by atoms with Crippen LogP contribution in [-0.4, -0.2) is 41.0 Å². The Hall–Kier alpha value is -0.950. The molecule has 0 bridgehead atoms. The van der Waals surface area contributed by atoms with Gasteiger partial charge in [0.25, 0.3) is 5.56 Å². The number of thioether (sulfide) groups is 1. The lowest BCUT2D eigenvalue weighted by atomic mass is 10.2. The lowest BCUT2D eigenvalue weighted by Gasteiger charge is -2.17. The van der Waals surface area contributed by atoms with Crippen molar-refractivity contribution in [1.82, 2.24) is 9.88 Å². The summed E-state index contributed by atoms with van der Waals surface area (Å²) in [6, 6.07) is 1.40. The first kappa shape index (κ1) is 14.5. The van der Waals surface area contributed by atoms with E-state index < -0.39 is 0 Å². The van der Waals surface area contributed by atoms with Gasteiger partial charge in [-0.3, -0.25) is 4.79 Å². The SMILES string of the molecule is CSC[C@@H]1CCN(C(=O)Nc2cc(Br)c[nH]c2=O)C1. The zero-order valence-electron chi connectivity index (χ0n) is 10.6. The van der Waals surface area contributed by atoms with Gasteiger partial charge >= 0.3 is 6.03 Å². The number of urea groups is 1. The van der Waals surface area contributed by atoms with E-state index in [-0.39, 0.29) is 17.3 Å². The van der Waals surface area contributed by atoms with E-state index in [9.17, 15) is 9.59 Å². The molecule has 104 valence electrons. The van der Waals surface area contributed by atoms with E-state index >= 15 is 0 Å². The molecule has 1 aliphatic rings. The van der Waals surface area contributed by atoms with Crippen LogP contribution in [0.25, 0.3) is 0 Å². The molecule has 1 aliphatic heterocycles. The van der Waals surface area contributed by atoms with E-state index in [2.05, 4.69) is 32.5 Å². The summed E-state index contributed by atoms with van der Waals surface area (Å²) in [6.45, 7) is 1.52. The molecule has 0 unspecified atom stereocenters. The number of carbonyl (C=O) groups excluding carboxylic acids is 1. The third-order valence-electron chi connectivity index (χ3n) is 3.09. The second kappa shape index (κ2) is 6.47. The van der Waals surface area contributed by atoms with Gasteiger partial charge in [0.2, 0.25) is 0 Å². The van der Waals surface area contributed by atoms with Crippen LogP contribution in [0.5, 0.6) is 0 Å². The zero-order chi connectivity index (χ0) is 13.8. The third-order valence-corrected chi connectivity index (χ3v) is 4.35. The number of likely N-dealkylation sites (tertiary alicyclic amines) is 1. The first-order valence-electron chi connectivity index (χ1n) is 6.03. The highest BCUT2D eigenvalue weighted by atomic mass is 79.9. The summed E-state index contributed by atoms with van der Waals surface area (Å²) in [5.74, 6) is 1.63. The average Bonchev–Trinajstić information content (AvgIpc) is 2.83. The summed E-state index contributed by atoms with van der Waals surface area (Å²) in [4.78, 5) is 28.0. The number of halogens is 1. The van der Waals surface area contributed by atoms with Gasteiger partial charge in [-0.15, -0.1) is 0 Å². The highest BCUT2D eigenvalue weighted by molar-refractivity contribution is 9.10. The predicted octanol–water partition coefficient (Wildman–Crippen LogP) is 2.35. The number of nitrogens with zero attached hydrogens (tertiary/aromatic N) is 1. The third kappa shape index (κ3) is 3.76. The largest absolute Gasteiger partial charge is 0.326 e. The Bertz CT molecular complexity index is 520. The molecule has 1 aromatic heterocycles. The summed E-state index contributed by atoms with van der Waals surface area (Å²) in [5, 5.41) is 2.66. The van der Waals surface area contributed by atoms with Gasteiger partial charge in [-0.1, -0.05) is 0 Å². The molecule has 2 N–H and O–H groups in total. The van der Waals surface area contributed by atoms with Crippen LogP contribution in [-0.2, 0) is 0 Å². The maximum atomic E-state index is 12.1. The molecule has 0 spiro atoms. The van der Waals surface area contributed by atoms with Crippen LogP contribution in [0.15, 0.2) is 21.5 Å². The van der Waals surface area contributed by atoms with Crippen LogP contribution < -0.4 is 10.9 Å². The van der Waals surface area contributed by atoms with E-state index in [1.165, 1.54) is 0 Å². The highest BCUT2D eigenvalue weighted by Gasteiger charge is 2.26. The van der Waals surface area contributed by atoms with Crippen molar-refractivity contribution in [1.29, 1.82) is 0 Å². The highest BCUT2D eigenvalue weighted by Crippen LogP contribution is 2.20. The van der Waals surface area contributed by atoms with E-state index in [0.717, 1.165) is 29.7 Å². The first-order chi connectivity index (χ1) is 9.10. The number of anilines is 1. The summed E-state index contributed by atoms with van der Waals surface area (Å²) < 4.78 is 0.726. The molecule has 0 aliphatic carbocycles. The normalized spacial score (nSPS) is 18.6. The molecule has 0 radical (unpaired) electrons. The van der Waals surface area contributed by atoms with Crippen LogP contribution in [0.3, 0.4) is 0 Å². The van der Waals surface area contributed by atoms with E-state index in [0.29, 0.717) is 5.92 Å². The molecule has 5 nitrogen and oxygen atoms in total. The average molecular weight is 346 g/mol. The Labute approximate surface area is 124 Å². The number of rotatable bonds is 3. The molecule has 0 saturated carbocycles. The Morgan fingerprint density at radius 3 is 3.21 bits per heavy atom. The van der Waals surface area contributed by atoms with Crippen molar-refractivity contribution in [2.45, 2.75) is 6.42 Å². The summed E-state index contributed by atoms with van der Waals surface area (Å²) >= 11 is 5.06. The summed E-state index contributed by atoms with van der Waals surface area (Å²) in [6.07, 6.45) is 4.65. The Balaban J connectivity index is 1.98. The van der Waals surface area contributed by atoms with Gasteiger partial charge in [0, 0.05) is 23.8 Å². The van der Waals surface area contributed by atoms with E-state index in [1.807, 2.05) is 0 Å². The molecule has 1 saturated heterocycles. The van der Waals surface area contributed by atoms with Crippen molar-refractivity contribution in [3.05, 3.63) is 27.1 Å². The number of aromatic amines is 1. The topological polar surface area (TPSA) is 65.2 Å². The van der Waals surface area contributed by atoms with Gasteiger partial charge in [0.1, 0.15) is 5.69 Å². The molecule has 19 heavy (non-hydrogen) atoms. The molecular weight excluding hydrogens is 330 g/mol. The van der Waals surface area contributed by atoms with Crippen molar-refractivity contribution in [3.63, 3.8) is 0 Å². The lowest BCUT2D eigenvalue weighted by molar-refractivity contribution is 0.221. The summed E-state index contributed by atoms with van der Waals surface area (Å²) in [5.41, 5.74) is -0.0240. The maximum absolute atomic E-state index is 12.1. The Kier molecular flexibility index (Phi) is 4.93. The Morgan fingerprint density at radius 1 is 1.68 bits per heavy atom. The monoisotopic (exact) mass is 345 g/mol. The number of hydrogen-bond acceptors (Lipinski definition) is 3. The number of amides is 2. The second-order valence-electron chi connectivity index (χ2n) is 4.55. The first-order valence-corrected chi connectivity index (χ1v) is 8.22. The van der Waals surface area contributed by atoms with Crippen LogP contribution in [0, 0.1) is 5.92 Å². The minimum atomic E-state index is -0.295. The van der Waals surface area contributed by atoms with Gasteiger partial charge in [-0.2, -0.15) is 11.8 Å². The molecular formula is C12H16BrN3O2S. The minimum absolute atomic E-state index is 0.202. The predicted molar refractivity (Wildman–Crippen MR) is 81.8 cm³/mol. The summed E-state index contributed by atoms with van der Waals surface area (Å²) in [7, 11) is 0. The van der Waals surface area contributed by atoms with E-state index in [1.54, 1.807) is 28.9 Å². The van der Waals surface area contributed by atoms with Crippen molar-refractivity contribution in [3.8, 4) is 0 Å². The van der Waals surface area contributed by atoms with Gasteiger partial charge < -0.3 is 15.2 Å². The number of aromatic nitrogens is 1. The molecule has 1 aromatic rings. The smallest absolute Gasteiger partial charge is 0.322 e. The quantitative estimate of drug-likeness (QED) is 0.883. The molecule has 2 amide bonds. The Morgan fingerprint density at radius 2 is 2.47 bits per heavy atom. The van der Waals surface area contributed by atoms with Crippen molar-refractivity contribution in [2.75, 3.05) is 30.4 Å². The molecule has 7 heteroatoms. The van der Waals surface area contributed by atoms with Crippen molar-refractivity contribution in [2.24, 2.45) is 5.92 Å². The minimum Gasteiger partial charge on any atom is -0.326 e. The lowest BCUT2D eigenvalue weighted by Crippen LogP contribution is -2.34.